The van der Waals surface area contributed by atoms with Crippen LogP contribution in [0.4, 0.5) is 4.39 Å². The minimum absolute atomic E-state index is 0.134. The van der Waals surface area contributed by atoms with Crippen LogP contribution in [-0.4, -0.2) is 39.5 Å². The quantitative estimate of drug-likeness (QED) is 0.594. The number of amides is 1. The molecular formula is C23H22ClFN4O4. The highest BCUT2D eigenvalue weighted by molar-refractivity contribution is 6.31. The van der Waals surface area contributed by atoms with E-state index in [2.05, 4.69) is 10.4 Å². The molecule has 4 rings (SSSR count). The fourth-order valence-electron chi connectivity index (χ4n) is 3.59. The van der Waals surface area contributed by atoms with Gasteiger partial charge in [-0.3, -0.25) is 14.2 Å². The number of aromatic nitrogens is 3. The first kappa shape index (κ1) is 22.9. The predicted molar refractivity (Wildman–Crippen MR) is 121 cm³/mol. The summed E-state index contributed by atoms with van der Waals surface area (Å²) in [6.07, 6.45) is 1.57. The Labute approximate surface area is 193 Å². The van der Waals surface area contributed by atoms with Gasteiger partial charge in [-0.05, 0) is 55.2 Å². The number of nitrogens with one attached hydrogen (secondary N) is 1. The molecule has 3 aromatic rings. The van der Waals surface area contributed by atoms with E-state index in [0.717, 1.165) is 27.7 Å². The van der Waals surface area contributed by atoms with E-state index in [1.165, 1.54) is 24.3 Å². The van der Waals surface area contributed by atoms with E-state index in [1.54, 1.807) is 25.1 Å². The molecule has 2 aromatic carbocycles. The van der Waals surface area contributed by atoms with Crippen LogP contribution in [0.2, 0.25) is 5.02 Å². The highest BCUT2D eigenvalue weighted by Crippen LogP contribution is 2.18. The Hall–Kier alpha value is -3.30. The number of halogens is 2. The summed E-state index contributed by atoms with van der Waals surface area (Å²) < 4.78 is 21.0. The van der Waals surface area contributed by atoms with Crippen molar-refractivity contribution in [3.63, 3.8) is 0 Å². The van der Waals surface area contributed by atoms with E-state index >= 15 is 0 Å². The lowest BCUT2D eigenvalue weighted by Crippen LogP contribution is -2.46. The number of aryl methyl sites for hydroxylation is 1. The smallest absolute Gasteiger partial charge is 0.352 e. The lowest BCUT2D eigenvalue weighted by atomic mass is 10.2. The van der Waals surface area contributed by atoms with E-state index < -0.39 is 28.7 Å². The van der Waals surface area contributed by atoms with Crippen LogP contribution in [0.3, 0.4) is 0 Å². The Morgan fingerprint density at radius 1 is 1.27 bits per heavy atom. The Kier molecular flexibility index (Phi) is 6.71. The third kappa shape index (κ3) is 5.04. The van der Waals surface area contributed by atoms with Crippen molar-refractivity contribution in [3.05, 3.63) is 91.0 Å². The van der Waals surface area contributed by atoms with Crippen molar-refractivity contribution in [2.75, 3.05) is 13.2 Å². The van der Waals surface area contributed by atoms with Crippen LogP contribution < -0.4 is 16.6 Å². The summed E-state index contributed by atoms with van der Waals surface area (Å²) in [5, 5.41) is 7.12. The minimum atomic E-state index is -0.872. The first-order valence-corrected chi connectivity index (χ1v) is 10.9. The van der Waals surface area contributed by atoms with Crippen LogP contribution in [0, 0.1) is 12.7 Å². The molecule has 1 N–H and O–H groups in total. The second-order valence-corrected chi connectivity index (χ2v) is 8.25. The second kappa shape index (κ2) is 9.68. The molecule has 1 saturated heterocycles. The van der Waals surface area contributed by atoms with Crippen LogP contribution in [0.1, 0.15) is 34.5 Å². The van der Waals surface area contributed by atoms with Gasteiger partial charge in [0.1, 0.15) is 5.82 Å². The molecule has 0 unspecified atom stereocenters. The molecular weight excluding hydrogens is 451 g/mol. The Balaban J connectivity index is 1.79. The largest absolute Gasteiger partial charge is 0.376 e. The molecule has 1 aliphatic heterocycles. The predicted octanol–water partition coefficient (Wildman–Crippen LogP) is 2.45. The normalized spacial score (nSPS) is 15.5. The third-order valence-electron chi connectivity index (χ3n) is 5.42. The van der Waals surface area contributed by atoms with E-state index in [4.69, 9.17) is 16.3 Å². The average Bonchev–Trinajstić information content (AvgIpc) is 3.31. The van der Waals surface area contributed by atoms with Gasteiger partial charge >= 0.3 is 5.69 Å². The molecule has 0 aliphatic carbocycles. The number of benzene rings is 2. The van der Waals surface area contributed by atoms with Gasteiger partial charge < -0.3 is 10.1 Å². The van der Waals surface area contributed by atoms with Crippen molar-refractivity contribution in [1.29, 1.82) is 0 Å². The van der Waals surface area contributed by atoms with Gasteiger partial charge in [0.05, 0.1) is 18.3 Å². The van der Waals surface area contributed by atoms with Gasteiger partial charge in [0, 0.05) is 18.2 Å². The van der Waals surface area contributed by atoms with Crippen LogP contribution in [-0.2, 0) is 11.3 Å². The fraction of sp³-hybridized carbons (Fsp3) is 0.304. The molecule has 0 saturated carbocycles. The number of ether oxygens (including phenoxy) is 1. The van der Waals surface area contributed by atoms with Crippen LogP contribution in [0.15, 0.2) is 52.1 Å². The highest BCUT2D eigenvalue weighted by Gasteiger charge is 2.23. The van der Waals surface area contributed by atoms with Crippen molar-refractivity contribution < 1.29 is 13.9 Å². The van der Waals surface area contributed by atoms with E-state index in [9.17, 15) is 18.8 Å². The topological polar surface area (TPSA) is 95.2 Å². The van der Waals surface area contributed by atoms with E-state index in [0.29, 0.717) is 17.2 Å². The monoisotopic (exact) mass is 472 g/mol. The zero-order valence-corrected chi connectivity index (χ0v) is 18.6. The lowest BCUT2D eigenvalue weighted by molar-refractivity contribution is 0.0849. The van der Waals surface area contributed by atoms with Gasteiger partial charge in [0.2, 0.25) is 5.69 Å². The zero-order chi connectivity index (χ0) is 23.5. The molecule has 1 aromatic heterocycles. The maximum atomic E-state index is 13.7. The van der Waals surface area contributed by atoms with Crippen molar-refractivity contribution >= 4 is 17.5 Å². The number of hydrogen-bond donors (Lipinski definition) is 1. The van der Waals surface area contributed by atoms with Gasteiger partial charge in [-0.2, -0.15) is 9.78 Å². The molecule has 0 bridgehead atoms. The van der Waals surface area contributed by atoms with Crippen molar-refractivity contribution in [3.8, 4) is 5.69 Å². The lowest BCUT2D eigenvalue weighted by Gasteiger charge is -2.14. The first-order valence-electron chi connectivity index (χ1n) is 10.5. The number of carbonyl (C=O) groups excluding carboxylic acids is 1. The summed E-state index contributed by atoms with van der Waals surface area (Å²) in [5.74, 6) is -1.23. The number of nitrogens with zero attached hydrogens (tertiary/aromatic N) is 3. The van der Waals surface area contributed by atoms with Crippen molar-refractivity contribution in [2.45, 2.75) is 32.4 Å². The molecule has 0 radical (unpaired) electrons. The molecule has 1 atom stereocenters. The molecule has 0 spiro atoms. The van der Waals surface area contributed by atoms with Gasteiger partial charge in [-0.1, -0.05) is 29.8 Å². The summed E-state index contributed by atoms with van der Waals surface area (Å²) >= 11 is 6.21. The minimum Gasteiger partial charge on any atom is -0.376 e. The van der Waals surface area contributed by atoms with Crippen LogP contribution >= 0.6 is 11.6 Å². The first-order chi connectivity index (χ1) is 15.8. The summed E-state index contributed by atoms with van der Waals surface area (Å²) in [5.41, 5.74) is -0.642. The number of carbonyl (C=O) groups is 1. The summed E-state index contributed by atoms with van der Waals surface area (Å²) in [7, 11) is 0. The van der Waals surface area contributed by atoms with Gasteiger partial charge in [-0.25, -0.2) is 9.18 Å². The van der Waals surface area contributed by atoms with Crippen LogP contribution in [0.5, 0.6) is 0 Å². The molecule has 33 heavy (non-hydrogen) atoms. The molecule has 1 amide bonds. The standard InChI is InChI=1S/C23H22ClFN4O4/c1-14-7-8-17(11-19(14)24)29-23(32)28(13-15-4-2-5-16(25)10-15)22(31)20(27-29)21(30)26-12-18-6-3-9-33-18/h2,4-5,7-8,10-11,18H,3,6,9,12-13H2,1H3,(H,26,30)/t18-/m1/s1. The molecule has 8 nitrogen and oxygen atoms in total. The molecule has 10 heteroatoms. The Morgan fingerprint density at radius 3 is 2.79 bits per heavy atom. The zero-order valence-electron chi connectivity index (χ0n) is 17.9. The Bertz CT molecular complexity index is 1310. The van der Waals surface area contributed by atoms with Crippen molar-refractivity contribution in [2.24, 2.45) is 0 Å². The van der Waals surface area contributed by atoms with Crippen molar-refractivity contribution in [1.82, 2.24) is 19.7 Å². The summed E-state index contributed by atoms with van der Waals surface area (Å²) in [6.45, 7) is 2.42. The Morgan fingerprint density at radius 2 is 2.09 bits per heavy atom. The van der Waals surface area contributed by atoms with E-state index in [-0.39, 0.29) is 24.9 Å². The maximum absolute atomic E-state index is 13.7. The second-order valence-electron chi connectivity index (χ2n) is 7.84. The highest BCUT2D eigenvalue weighted by atomic mass is 35.5. The van der Waals surface area contributed by atoms with Crippen LogP contribution in [0.25, 0.3) is 5.69 Å². The molecule has 1 fully saturated rings. The summed E-state index contributed by atoms with van der Waals surface area (Å²) in [6, 6.07) is 10.4. The molecule has 1 aliphatic rings. The molecule has 172 valence electrons. The average molecular weight is 473 g/mol. The number of rotatable bonds is 6. The van der Waals surface area contributed by atoms with Gasteiger partial charge in [0.25, 0.3) is 11.5 Å². The van der Waals surface area contributed by atoms with Gasteiger partial charge in [0.15, 0.2) is 0 Å². The molecule has 2 heterocycles. The third-order valence-corrected chi connectivity index (χ3v) is 5.83. The summed E-state index contributed by atoms with van der Waals surface area (Å²) in [4.78, 5) is 39.1. The number of hydrogen-bond acceptors (Lipinski definition) is 5. The maximum Gasteiger partial charge on any atom is 0.352 e. The fourth-order valence-corrected chi connectivity index (χ4v) is 3.77. The van der Waals surface area contributed by atoms with Gasteiger partial charge in [-0.15, -0.1) is 0 Å². The SMILES string of the molecule is Cc1ccc(-n2nc(C(=O)NC[C@H]3CCCO3)c(=O)n(Cc3cccc(F)c3)c2=O)cc1Cl. The van der Waals surface area contributed by atoms with E-state index in [1.807, 2.05) is 0 Å².